The van der Waals surface area contributed by atoms with Crippen LogP contribution in [0.4, 0.5) is 11.4 Å². The third-order valence-corrected chi connectivity index (χ3v) is 4.29. The Morgan fingerprint density at radius 2 is 1.81 bits per heavy atom. The van der Waals surface area contributed by atoms with E-state index in [1.807, 2.05) is 13.8 Å². The van der Waals surface area contributed by atoms with E-state index in [1.165, 1.54) is 17.0 Å². The summed E-state index contributed by atoms with van der Waals surface area (Å²) in [5.41, 5.74) is 5.95. The van der Waals surface area contributed by atoms with Crippen molar-refractivity contribution < 1.29 is 14.6 Å². The largest absolute Gasteiger partial charge is 0.364 e. The fourth-order valence-electron chi connectivity index (χ4n) is 2.62. The Morgan fingerprint density at radius 1 is 1.29 bits per heavy atom. The molecule has 1 aliphatic heterocycles. The molecule has 0 radical (unpaired) electrons. The Hall–Kier alpha value is -2.15. The van der Waals surface area contributed by atoms with Crippen molar-refractivity contribution in [3.05, 3.63) is 34.4 Å². The van der Waals surface area contributed by atoms with Crippen LogP contribution in [0.3, 0.4) is 0 Å². The number of nitro benzene ring substituents is 1. The second-order valence-electron chi connectivity index (χ2n) is 5.85. The number of nitrogens with zero attached hydrogens (tertiary/aromatic N) is 2. The van der Waals surface area contributed by atoms with Crippen LogP contribution in [0.1, 0.15) is 13.8 Å². The number of rotatable bonds is 4. The number of nitrogens with two attached hydrogens (primary N) is 1. The van der Waals surface area contributed by atoms with E-state index in [-0.39, 0.29) is 11.6 Å². The van der Waals surface area contributed by atoms with Gasteiger partial charge in [-0.25, -0.2) is 0 Å². The number of primary amides is 1. The zero-order valence-corrected chi connectivity index (χ0v) is 12.3. The molecule has 0 aromatic heterocycles. The molecule has 1 saturated heterocycles. The highest BCUT2D eigenvalue weighted by molar-refractivity contribution is 5.82. The average Bonchev–Trinajstić information content (AvgIpc) is 2.47. The first-order valence-electron chi connectivity index (χ1n) is 6.97. The Balaban J connectivity index is 2.01. The molecule has 1 aromatic rings. The second kappa shape index (κ2) is 5.69. The van der Waals surface area contributed by atoms with E-state index in [4.69, 9.17) is 5.73 Å². The summed E-state index contributed by atoms with van der Waals surface area (Å²) in [6.07, 6.45) is 0. The molecule has 1 heterocycles. The molecule has 114 valence electrons. The van der Waals surface area contributed by atoms with Crippen molar-refractivity contribution in [2.75, 3.05) is 31.1 Å². The predicted molar refractivity (Wildman–Crippen MR) is 79.3 cm³/mol. The van der Waals surface area contributed by atoms with E-state index in [0.717, 1.165) is 31.9 Å². The summed E-state index contributed by atoms with van der Waals surface area (Å²) < 4.78 is 0. The zero-order valence-electron chi connectivity index (χ0n) is 12.3. The minimum atomic E-state index is -0.568. The van der Waals surface area contributed by atoms with Gasteiger partial charge in [0.15, 0.2) is 5.54 Å². The quantitative estimate of drug-likeness (QED) is 0.581. The Bertz CT molecular complexity index is 534. The molecular formula is C14H21N4O3+. The van der Waals surface area contributed by atoms with Crippen molar-refractivity contribution in [3.8, 4) is 0 Å². The van der Waals surface area contributed by atoms with Gasteiger partial charge in [-0.3, -0.25) is 14.9 Å². The molecular weight excluding hydrogens is 272 g/mol. The van der Waals surface area contributed by atoms with E-state index >= 15 is 0 Å². The van der Waals surface area contributed by atoms with Crippen LogP contribution in [0.5, 0.6) is 0 Å². The van der Waals surface area contributed by atoms with Crippen LogP contribution in [0.25, 0.3) is 0 Å². The number of quaternary nitrogens is 1. The number of carbonyl (C=O) groups excluding carboxylic acids is 1. The van der Waals surface area contributed by atoms with Crippen molar-refractivity contribution in [1.82, 2.24) is 0 Å². The number of nitrogens with one attached hydrogen (secondary N) is 1. The van der Waals surface area contributed by atoms with E-state index < -0.39 is 10.5 Å². The van der Waals surface area contributed by atoms with Crippen LogP contribution in [0, 0.1) is 10.1 Å². The summed E-state index contributed by atoms with van der Waals surface area (Å²) >= 11 is 0. The van der Waals surface area contributed by atoms with Gasteiger partial charge in [-0.2, -0.15) is 0 Å². The molecule has 1 amide bonds. The molecule has 1 aliphatic rings. The number of piperazine rings is 1. The SMILES string of the molecule is CC(C)(C(N)=O)[NH+]1CCN(c2ccc([N+](=O)[O-])cc2)CC1. The summed E-state index contributed by atoms with van der Waals surface area (Å²) in [4.78, 5) is 25.1. The molecule has 0 saturated carbocycles. The van der Waals surface area contributed by atoms with Crippen molar-refractivity contribution in [2.24, 2.45) is 5.73 Å². The summed E-state index contributed by atoms with van der Waals surface area (Å²) in [5, 5.41) is 10.7. The third kappa shape index (κ3) is 3.13. The van der Waals surface area contributed by atoms with Gasteiger partial charge in [0.2, 0.25) is 0 Å². The summed E-state index contributed by atoms with van der Waals surface area (Å²) in [7, 11) is 0. The number of nitro groups is 1. The fraction of sp³-hybridized carbons (Fsp3) is 0.500. The molecule has 0 atom stereocenters. The van der Waals surface area contributed by atoms with Crippen molar-refractivity contribution in [3.63, 3.8) is 0 Å². The summed E-state index contributed by atoms with van der Waals surface area (Å²) in [6, 6.07) is 6.56. The standard InChI is InChI=1S/C14H20N4O3/c1-14(2,13(15)19)17-9-7-16(8-10-17)11-3-5-12(6-4-11)18(20)21/h3-6H,7-10H2,1-2H3,(H2,15,19)/p+1. The van der Waals surface area contributed by atoms with Gasteiger partial charge in [-0.1, -0.05) is 0 Å². The number of carbonyl (C=O) groups is 1. The average molecular weight is 293 g/mol. The molecule has 2 rings (SSSR count). The van der Waals surface area contributed by atoms with Gasteiger partial charge in [-0.15, -0.1) is 0 Å². The minimum absolute atomic E-state index is 0.0953. The smallest absolute Gasteiger partial charge is 0.278 e. The molecule has 3 N–H and O–H groups in total. The molecule has 0 spiro atoms. The predicted octanol–water partition coefficient (Wildman–Crippen LogP) is -0.436. The van der Waals surface area contributed by atoms with Gasteiger partial charge in [0.05, 0.1) is 31.1 Å². The Kier molecular flexibility index (Phi) is 4.13. The van der Waals surface area contributed by atoms with Crippen molar-refractivity contribution in [1.29, 1.82) is 0 Å². The van der Waals surface area contributed by atoms with Crippen LogP contribution < -0.4 is 15.5 Å². The second-order valence-corrected chi connectivity index (χ2v) is 5.85. The lowest BCUT2D eigenvalue weighted by Crippen LogP contribution is -3.23. The molecule has 0 unspecified atom stereocenters. The first-order chi connectivity index (χ1) is 9.82. The highest BCUT2D eigenvalue weighted by atomic mass is 16.6. The Labute approximate surface area is 123 Å². The van der Waals surface area contributed by atoms with Crippen LogP contribution in [-0.4, -0.2) is 42.5 Å². The fourth-order valence-corrected chi connectivity index (χ4v) is 2.62. The highest BCUT2D eigenvalue weighted by Crippen LogP contribution is 2.19. The van der Waals surface area contributed by atoms with Crippen molar-refractivity contribution in [2.45, 2.75) is 19.4 Å². The van der Waals surface area contributed by atoms with Gasteiger partial charge in [0.1, 0.15) is 0 Å². The minimum Gasteiger partial charge on any atom is -0.364 e. The Morgan fingerprint density at radius 3 is 2.24 bits per heavy atom. The highest BCUT2D eigenvalue weighted by Gasteiger charge is 2.38. The lowest BCUT2D eigenvalue weighted by molar-refractivity contribution is -0.938. The molecule has 1 fully saturated rings. The normalized spacial score (nSPS) is 16.8. The van der Waals surface area contributed by atoms with Crippen LogP contribution in [0.2, 0.25) is 0 Å². The summed E-state index contributed by atoms with van der Waals surface area (Å²) in [6.45, 7) is 6.95. The molecule has 7 nitrogen and oxygen atoms in total. The van der Waals surface area contributed by atoms with Gasteiger partial charge in [-0.05, 0) is 26.0 Å². The number of benzene rings is 1. The maximum absolute atomic E-state index is 11.5. The third-order valence-electron chi connectivity index (χ3n) is 4.29. The molecule has 0 aliphatic carbocycles. The van der Waals surface area contributed by atoms with Gasteiger partial charge < -0.3 is 15.5 Å². The van der Waals surface area contributed by atoms with E-state index in [9.17, 15) is 14.9 Å². The number of amides is 1. The number of anilines is 1. The summed E-state index contributed by atoms with van der Waals surface area (Å²) in [5.74, 6) is -0.290. The van der Waals surface area contributed by atoms with Gasteiger partial charge in [0.25, 0.3) is 11.6 Å². The van der Waals surface area contributed by atoms with Crippen LogP contribution in [-0.2, 0) is 4.79 Å². The maximum atomic E-state index is 11.5. The maximum Gasteiger partial charge on any atom is 0.278 e. The monoisotopic (exact) mass is 293 g/mol. The zero-order chi connectivity index (χ0) is 15.6. The van der Waals surface area contributed by atoms with Crippen molar-refractivity contribution >= 4 is 17.3 Å². The van der Waals surface area contributed by atoms with Gasteiger partial charge in [0, 0.05) is 17.8 Å². The molecule has 1 aromatic carbocycles. The van der Waals surface area contributed by atoms with Crippen LogP contribution in [0.15, 0.2) is 24.3 Å². The first kappa shape index (κ1) is 15.2. The topological polar surface area (TPSA) is 93.9 Å². The molecule has 21 heavy (non-hydrogen) atoms. The number of hydrogen-bond acceptors (Lipinski definition) is 4. The molecule has 7 heteroatoms. The van der Waals surface area contributed by atoms with Crippen LogP contribution >= 0.6 is 0 Å². The number of hydrogen-bond donors (Lipinski definition) is 2. The van der Waals surface area contributed by atoms with E-state index in [0.29, 0.717) is 0 Å². The van der Waals surface area contributed by atoms with Gasteiger partial charge >= 0.3 is 0 Å². The van der Waals surface area contributed by atoms with E-state index in [1.54, 1.807) is 12.1 Å². The lowest BCUT2D eigenvalue weighted by atomic mass is 10.0. The lowest BCUT2D eigenvalue weighted by Gasteiger charge is -2.40. The number of non-ortho nitro benzene ring substituents is 1. The van der Waals surface area contributed by atoms with E-state index in [2.05, 4.69) is 4.90 Å². The first-order valence-corrected chi connectivity index (χ1v) is 6.97. The molecule has 0 bridgehead atoms.